The van der Waals surface area contributed by atoms with E-state index in [-0.39, 0.29) is 4.90 Å². The fraction of sp³-hybridized carbons (Fsp3) is 0.500. The van der Waals surface area contributed by atoms with E-state index in [0.717, 1.165) is 10.4 Å². The molecule has 0 fully saturated rings. The Hall–Kier alpha value is -0.940. The van der Waals surface area contributed by atoms with Gasteiger partial charge in [-0.15, -0.1) is 0 Å². The lowest BCUT2D eigenvalue weighted by Crippen LogP contribution is -2.23. The Kier molecular flexibility index (Phi) is 4.27. The van der Waals surface area contributed by atoms with E-state index in [1.54, 1.807) is 6.07 Å². The van der Waals surface area contributed by atoms with Crippen molar-refractivity contribution in [1.29, 1.82) is 0 Å². The van der Waals surface area contributed by atoms with Crippen LogP contribution in [0.1, 0.15) is 19.4 Å². The van der Waals surface area contributed by atoms with Gasteiger partial charge in [-0.1, -0.05) is 19.9 Å². The predicted octanol–water partition coefficient (Wildman–Crippen LogP) is 2.27. The van der Waals surface area contributed by atoms with Crippen LogP contribution in [0.3, 0.4) is 0 Å². The number of rotatable bonds is 4. The summed E-state index contributed by atoms with van der Waals surface area (Å²) in [6.07, 6.45) is 0.614. The highest BCUT2D eigenvalue weighted by molar-refractivity contribution is 7.89. The van der Waals surface area contributed by atoms with Crippen LogP contribution >= 0.6 is 0 Å². The highest BCUT2D eigenvalue weighted by Gasteiger charge is 2.22. The molecule has 0 aliphatic rings. The second kappa shape index (κ2) is 5.14. The van der Waals surface area contributed by atoms with Crippen molar-refractivity contribution in [1.82, 2.24) is 4.31 Å². The first kappa shape index (κ1) is 14.1. The molecule has 5 heteroatoms. The van der Waals surface area contributed by atoms with Gasteiger partial charge in [-0.2, -0.15) is 0 Å². The van der Waals surface area contributed by atoms with Crippen molar-refractivity contribution in [3.63, 3.8) is 0 Å². The molecule has 0 unspecified atom stereocenters. The molecule has 0 heterocycles. The highest BCUT2D eigenvalue weighted by atomic mass is 32.2. The van der Waals surface area contributed by atoms with Crippen molar-refractivity contribution in [2.24, 2.45) is 5.92 Å². The average molecular weight is 259 g/mol. The van der Waals surface area contributed by atoms with Crippen LogP contribution in [0.4, 0.5) is 4.39 Å². The molecule has 0 radical (unpaired) electrons. The zero-order valence-electron chi connectivity index (χ0n) is 10.6. The largest absolute Gasteiger partial charge is 0.242 e. The van der Waals surface area contributed by atoms with Gasteiger partial charge in [0.05, 0.1) is 4.90 Å². The van der Waals surface area contributed by atoms with Crippen LogP contribution in [-0.2, 0) is 16.4 Å². The Balaban J connectivity index is 3.35. The molecule has 0 aliphatic carbocycles. The molecule has 0 spiro atoms. The topological polar surface area (TPSA) is 37.4 Å². The van der Waals surface area contributed by atoms with E-state index in [1.807, 2.05) is 13.8 Å². The van der Waals surface area contributed by atoms with Crippen molar-refractivity contribution in [2.75, 3.05) is 14.1 Å². The molecule has 0 aromatic heterocycles. The van der Waals surface area contributed by atoms with Crippen LogP contribution in [-0.4, -0.2) is 26.8 Å². The van der Waals surface area contributed by atoms with Crippen LogP contribution < -0.4 is 0 Å². The number of sulfonamides is 1. The van der Waals surface area contributed by atoms with Crippen LogP contribution in [0.15, 0.2) is 23.1 Å². The third-order valence-corrected chi connectivity index (χ3v) is 4.31. The normalized spacial score (nSPS) is 12.4. The van der Waals surface area contributed by atoms with E-state index in [2.05, 4.69) is 0 Å². The second-order valence-electron chi connectivity index (χ2n) is 4.64. The van der Waals surface area contributed by atoms with Gasteiger partial charge in [0.2, 0.25) is 10.0 Å². The summed E-state index contributed by atoms with van der Waals surface area (Å²) in [5.74, 6) is -0.213. The lowest BCUT2D eigenvalue weighted by atomic mass is 10.0. The predicted molar refractivity (Wildman–Crippen MR) is 65.8 cm³/mol. The van der Waals surface area contributed by atoms with Gasteiger partial charge in [0.25, 0.3) is 0 Å². The van der Waals surface area contributed by atoms with Gasteiger partial charge in [0.1, 0.15) is 5.82 Å². The zero-order valence-corrected chi connectivity index (χ0v) is 11.4. The fourth-order valence-corrected chi connectivity index (χ4v) is 2.71. The number of hydrogen-bond acceptors (Lipinski definition) is 2. The number of nitrogens with zero attached hydrogens (tertiary/aromatic N) is 1. The van der Waals surface area contributed by atoms with E-state index in [4.69, 9.17) is 0 Å². The van der Waals surface area contributed by atoms with Gasteiger partial charge in [0, 0.05) is 14.1 Å². The zero-order chi connectivity index (χ0) is 13.2. The van der Waals surface area contributed by atoms with Crippen LogP contribution in [0.2, 0.25) is 0 Å². The summed E-state index contributed by atoms with van der Waals surface area (Å²) in [4.78, 5) is 0.0659. The van der Waals surface area contributed by atoms with Gasteiger partial charge < -0.3 is 0 Å². The van der Waals surface area contributed by atoms with Crippen molar-refractivity contribution < 1.29 is 12.8 Å². The maximum Gasteiger partial charge on any atom is 0.242 e. The van der Waals surface area contributed by atoms with Gasteiger partial charge >= 0.3 is 0 Å². The molecule has 96 valence electrons. The summed E-state index contributed by atoms with van der Waals surface area (Å²) >= 11 is 0. The Morgan fingerprint density at radius 1 is 1.29 bits per heavy atom. The molecule has 1 rings (SSSR count). The van der Waals surface area contributed by atoms with E-state index in [1.165, 1.54) is 20.2 Å². The molecule has 0 atom stereocenters. The smallest absolute Gasteiger partial charge is 0.207 e. The van der Waals surface area contributed by atoms with Crippen molar-refractivity contribution in [3.8, 4) is 0 Å². The lowest BCUT2D eigenvalue weighted by Gasteiger charge is -2.16. The van der Waals surface area contributed by atoms with Gasteiger partial charge in [-0.3, -0.25) is 0 Å². The summed E-state index contributed by atoms with van der Waals surface area (Å²) in [7, 11) is -0.695. The molecular formula is C12H18FNO2S. The minimum Gasteiger partial charge on any atom is -0.207 e. The van der Waals surface area contributed by atoms with Crippen molar-refractivity contribution in [2.45, 2.75) is 25.2 Å². The number of hydrogen-bond donors (Lipinski definition) is 0. The SMILES string of the molecule is CC(C)Cc1ccc(F)cc1S(=O)(=O)N(C)C. The van der Waals surface area contributed by atoms with Crippen molar-refractivity contribution >= 4 is 10.0 Å². The molecule has 3 nitrogen and oxygen atoms in total. The fourth-order valence-electron chi connectivity index (χ4n) is 1.57. The highest BCUT2D eigenvalue weighted by Crippen LogP contribution is 2.22. The molecule has 1 aromatic carbocycles. The molecule has 0 N–H and O–H groups in total. The maximum absolute atomic E-state index is 13.2. The summed E-state index contributed by atoms with van der Waals surface area (Å²) in [5, 5.41) is 0. The maximum atomic E-state index is 13.2. The molecule has 1 aromatic rings. The molecule has 0 aliphatic heterocycles. The summed E-state index contributed by atoms with van der Waals surface area (Å²) < 4.78 is 38.4. The number of benzene rings is 1. The van der Waals surface area contributed by atoms with Crippen LogP contribution in [0.25, 0.3) is 0 Å². The molecule has 0 amide bonds. The van der Waals surface area contributed by atoms with Crippen LogP contribution in [0, 0.1) is 11.7 Å². The van der Waals surface area contributed by atoms with Gasteiger partial charge in [-0.05, 0) is 30.0 Å². The summed E-state index contributed by atoms with van der Waals surface area (Å²) in [6, 6.07) is 3.94. The molecule has 0 bridgehead atoms. The molecule has 0 saturated heterocycles. The first-order valence-corrected chi connectivity index (χ1v) is 6.90. The van der Waals surface area contributed by atoms with Crippen LogP contribution in [0.5, 0.6) is 0 Å². The molecular weight excluding hydrogens is 241 g/mol. The monoisotopic (exact) mass is 259 g/mol. The Morgan fingerprint density at radius 3 is 2.35 bits per heavy atom. The van der Waals surface area contributed by atoms with E-state index in [0.29, 0.717) is 17.9 Å². The van der Waals surface area contributed by atoms with E-state index in [9.17, 15) is 12.8 Å². The second-order valence-corrected chi connectivity index (χ2v) is 6.76. The minimum atomic E-state index is -3.58. The van der Waals surface area contributed by atoms with E-state index >= 15 is 0 Å². The standard InChI is InChI=1S/C12H18FNO2S/c1-9(2)7-10-5-6-11(13)8-12(10)17(15,16)14(3)4/h5-6,8-9H,7H2,1-4H3. The van der Waals surface area contributed by atoms with Gasteiger partial charge in [0.15, 0.2) is 0 Å². The Labute approximate surface area is 102 Å². The Morgan fingerprint density at radius 2 is 1.88 bits per heavy atom. The third kappa shape index (κ3) is 3.26. The molecule has 0 saturated carbocycles. The molecule has 17 heavy (non-hydrogen) atoms. The summed E-state index contributed by atoms with van der Waals surface area (Å²) in [5.41, 5.74) is 0.662. The average Bonchev–Trinajstić information content (AvgIpc) is 2.19. The van der Waals surface area contributed by atoms with Gasteiger partial charge in [-0.25, -0.2) is 17.1 Å². The lowest BCUT2D eigenvalue weighted by molar-refractivity contribution is 0.516. The number of halogens is 1. The van der Waals surface area contributed by atoms with Crippen molar-refractivity contribution in [3.05, 3.63) is 29.6 Å². The Bertz CT molecular complexity index is 495. The van der Waals surface area contributed by atoms with E-state index < -0.39 is 15.8 Å². The first-order chi connectivity index (χ1) is 7.75. The first-order valence-electron chi connectivity index (χ1n) is 5.46. The summed E-state index contributed by atoms with van der Waals surface area (Å²) in [6.45, 7) is 3.99. The third-order valence-electron chi connectivity index (χ3n) is 2.42. The quantitative estimate of drug-likeness (QED) is 0.832. The minimum absolute atomic E-state index is 0.0659.